The molecule has 3 heteroatoms. The van der Waals surface area contributed by atoms with Crippen LogP contribution in [-0.4, -0.2) is 17.6 Å². The first kappa shape index (κ1) is 13.8. The van der Waals surface area contributed by atoms with Crippen LogP contribution in [0.2, 0.25) is 18.0 Å². The Labute approximate surface area is 112 Å². The Morgan fingerprint density at radius 1 is 1.29 bits per heavy atom. The van der Waals surface area contributed by atoms with Gasteiger partial charge < -0.3 is 0 Å². The molecule has 1 aliphatic carbocycles. The monoisotopic (exact) mass is 256 g/mol. The molecular formula is C14H26BFS. The topological polar surface area (TPSA) is 0 Å². The first-order valence-corrected chi connectivity index (χ1v) is 7.49. The van der Waals surface area contributed by atoms with E-state index in [9.17, 15) is 4.39 Å². The van der Waals surface area contributed by atoms with E-state index in [0.717, 1.165) is 11.8 Å². The molecule has 1 saturated carbocycles. The van der Waals surface area contributed by atoms with E-state index in [1.165, 1.54) is 19.3 Å². The van der Waals surface area contributed by atoms with Gasteiger partial charge in [0, 0.05) is 4.75 Å². The lowest BCUT2D eigenvalue weighted by Crippen LogP contribution is -2.29. The third-order valence-electron chi connectivity index (χ3n) is 5.25. The molecule has 0 amide bonds. The molecule has 4 unspecified atom stereocenters. The quantitative estimate of drug-likeness (QED) is 0.535. The second kappa shape index (κ2) is 4.18. The van der Waals surface area contributed by atoms with Gasteiger partial charge in [0.05, 0.1) is 0 Å². The number of thiol groups is 1. The van der Waals surface area contributed by atoms with Crippen LogP contribution in [0.3, 0.4) is 0 Å². The zero-order valence-corrected chi connectivity index (χ0v) is 12.7. The van der Waals surface area contributed by atoms with Gasteiger partial charge in [-0.3, -0.25) is 0 Å². The Balaban J connectivity index is 2.13. The van der Waals surface area contributed by atoms with Crippen molar-refractivity contribution >= 4 is 19.3 Å². The normalized spacial score (nSPS) is 43.9. The van der Waals surface area contributed by atoms with Crippen LogP contribution >= 0.6 is 12.6 Å². The maximum absolute atomic E-state index is 14.6. The molecule has 1 spiro atoms. The van der Waals surface area contributed by atoms with Crippen LogP contribution in [0.5, 0.6) is 0 Å². The van der Waals surface area contributed by atoms with Gasteiger partial charge in [-0.05, 0) is 37.9 Å². The van der Waals surface area contributed by atoms with Gasteiger partial charge in [0.15, 0.2) is 0 Å². The molecule has 4 atom stereocenters. The summed E-state index contributed by atoms with van der Waals surface area (Å²) in [5, 5.41) is 0.302. The average molecular weight is 256 g/mol. The number of hydrogen-bond donors (Lipinski definition) is 1. The number of alkyl halides is 1. The molecule has 0 aromatic heterocycles. The third-order valence-corrected chi connectivity index (χ3v) is 5.50. The highest BCUT2D eigenvalue weighted by atomic mass is 32.1. The zero-order chi connectivity index (χ0) is 13.0. The number of rotatable bonds is 2. The molecule has 0 radical (unpaired) electrons. The smallest absolute Gasteiger partial charge is 0.149 e. The Morgan fingerprint density at radius 2 is 1.76 bits per heavy atom. The van der Waals surface area contributed by atoms with E-state index in [1.807, 2.05) is 13.8 Å². The summed E-state index contributed by atoms with van der Waals surface area (Å²) in [6, 6.07) is 0. The number of halogens is 1. The van der Waals surface area contributed by atoms with Crippen LogP contribution in [0.4, 0.5) is 4.39 Å². The fraction of sp³-hybridized carbons (Fsp3) is 1.00. The molecule has 98 valence electrons. The van der Waals surface area contributed by atoms with Crippen LogP contribution in [-0.2, 0) is 0 Å². The SMILES string of the molecule is CB1C(C(F)C(C)(C)S)C12CC(C)CC(C)C2. The molecule has 17 heavy (non-hydrogen) atoms. The van der Waals surface area contributed by atoms with Crippen molar-refractivity contribution in [3.8, 4) is 0 Å². The van der Waals surface area contributed by atoms with Crippen molar-refractivity contribution in [2.24, 2.45) is 11.8 Å². The Bertz CT molecular complexity index is 289. The molecule has 0 aromatic carbocycles. The summed E-state index contributed by atoms with van der Waals surface area (Å²) in [6.45, 7) is 11.3. The van der Waals surface area contributed by atoms with Gasteiger partial charge in [-0.1, -0.05) is 38.8 Å². The summed E-state index contributed by atoms with van der Waals surface area (Å²) in [5.41, 5.74) is 0. The average Bonchev–Trinajstić information content (AvgIpc) is 2.64. The molecule has 1 saturated heterocycles. The second-order valence-electron chi connectivity index (χ2n) is 7.46. The fourth-order valence-corrected chi connectivity index (χ4v) is 4.76. The van der Waals surface area contributed by atoms with E-state index >= 15 is 0 Å². The minimum atomic E-state index is -0.765. The minimum absolute atomic E-state index is 0.250. The first-order valence-electron chi connectivity index (χ1n) is 7.05. The van der Waals surface area contributed by atoms with Gasteiger partial charge >= 0.3 is 0 Å². The van der Waals surface area contributed by atoms with Gasteiger partial charge in [0.2, 0.25) is 0 Å². The van der Waals surface area contributed by atoms with E-state index in [0.29, 0.717) is 12.0 Å². The summed E-state index contributed by atoms with van der Waals surface area (Å²) < 4.78 is 14.1. The second-order valence-corrected chi connectivity index (χ2v) is 8.61. The summed E-state index contributed by atoms with van der Waals surface area (Å²) in [5.74, 6) is 1.78. The maximum atomic E-state index is 14.6. The summed E-state index contributed by atoms with van der Waals surface area (Å²) >= 11 is 4.44. The van der Waals surface area contributed by atoms with Gasteiger partial charge in [-0.2, -0.15) is 12.6 Å². The lowest BCUT2D eigenvalue weighted by atomic mass is 9.56. The van der Waals surface area contributed by atoms with Crippen molar-refractivity contribution in [1.82, 2.24) is 0 Å². The van der Waals surface area contributed by atoms with Crippen LogP contribution in [0, 0.1) is 11.8 Å². The van der Waals surface area contributed by atoms with Crippen molar-refractivity contribution < 1.29 is 4.39 Å². The highest BCUT2D eigenvalue weighted by Crippen LogP contribution is 2.75. The van der Waals surface area contributed by atoms with Crippen molar-refractivity contribution in [1.29, 1.82) is 0 Å². The summed E-state index contributed by atoms with van der Waals surface area (Å²) in [4.78, 5) is 0. The maximum Gasteiger partial charge on any atom is 0.149 e. The van der Waals surface area contributed by atoms with Crippen LogP contribution in [0.15, 0.2) is 0 Å². The highest BCUT2D eigenvalue weighted by Gasteiger charge is 2.69. The van der Waals surface area contributed by atoms with E-state index < -0.39 is 10.9 Å². The van der Waals surface area contributed by atoms with E-state index in [2.05, 4.69) is 33.3 Å². The molecule has 0 N–H and O–H groups in total. The molecule has 0 bridgehead atoms. The molecule has 0 nitrogen and oxygen atoms in total. The largest absolute Gasteiger partial charge is 0.246 e. The molecular weight excluding hydrogens is 230 g/mol. The molecule has 2 fully saturated rings. The summed E-state index contributed by atoms with van der Waals surface area (Å²) in [7, 11) is 0. The van der Waals surface area contributed by atoms with Gasteiger partial charge in [0.1, 0.15) is 12.9 Å². The molecule has 1 heterocycles. The zero-order valence-electron chi connectivity index (χ0n) is 11.8. The van der Waals surface area contributed by atoms with E-state index in [1.54, 1.807) is 0 Å². The number of hydrogen-bond acceptors (Lipinski definition) is 1. The lowest BCUT2D eigenvalue weighted by molar-refractivity contribution is 0.204. The van der Waals surface area contributed by atoms with Crippen LogP contribution in [0.25, 0.3) is 0 Å². The fourth-order valence-electron chi connectivity index (χ4n) is 4.60. The van der Waals surface area contributed by atoms with Gasteiger partial charge in [-0.25, -0.2) is 4.39 Å². The Kier molecular flexibility index (Phi) is 3.39. The van der Waals surface area contributed by atoms with Gasteiger partial charge in [0.25, 0.3) is 0 Å². The molecule has 0 aromatic rings. The minimum Gasteiger partial charge on any atom is -0.246 e. The van der Waals surface area contributed by atoms with E-state index in [-0.39, 0.29) is 5.82 Å². The van der Waals surface area contributed by atoms with Gasteiger partial charge in [-0.15, -0.1) is 0 Å². The van der Waals surface area contributed by atoms with E-state index in [4.69, 9.17) is 0 Å². The third kappa shape index (κ3) is 2.29. The van der Waals surface area contributed by atoms with Crippen LogP contribution in [0.1, 0.15) is 47.0 Å². The molecule has 1 aliphatic heterocycles. The Hall–Kier alpha value is 0.345. The van der Waals surface area contributed by atoms with Crippen molar-refractivity contribution in [2.45, 2.75) is 75.8 Å². The molecule has 2 rings (SSSR count). The van der Waals surface area contributed by atoms with Crippen molar-refractivity contribution in [3.05, 3.63) is 0 Å². The lowest BCUT2D eigenvalue weighted by Gasteiger charge is -2.35. The van der Waals surface area contributed by atoms with Crippen molar-refractivity contribution in [2.75, 3.05) is 0 Å². The highest BCUT2D eigenvalue weighted by molar-refractivity contribution is 7.81. The summed E-state index contributed by atoms with van der Waals surface area (Å²) in [6.07, 6.45) is 3.02. The standard InChI is InChI=1S/C14H26BFS/c1-9-6-10(2)8-14(7-9)11(15(14)5)12(16)13(3,4)17/h9-12,17H,6-8H2,1-5H3. The predicted molar refractivity (Wildman–Crippen MR) is 78.2 cm³/mol. The van der Waals surface area contributed by atoms with Crippen LogP contribution < -0.4 is 0 Å². The van der Waals surface area contributed by atoms with Crippen molar-refractivity contribution in [3.63, 3.8) is 0 Å². The molecule has 2 aliphatic rings. The Morgan fingerprint density at radius 3 is 2.18 bits per heavy atom. The first-order chi connectivity index (χ1) is 7.68. The predicted octanol–water partition coefficient (Wildman–Crippen LogP) is 4.74.